The van der Waals surface area contributed by atoms with Gasteiger partial charge >= 0.3 is 6.09 Å². The molecule has 0 saturated carbocycles. The van der Waals surface area contributed by atoms with Gasteiger partial charge in [-0.15, -0.1) is 0 Å². The molecule has 29 heavy (non-hydrogen) atoms. The lowest BCUT2D eigenvalue weighted by Gasteiger charge is -2.49. The summed E-state index contributed by atoms with van der Waals surface area (Å²) in [6.45, 7) is 0.474. The molecule has 156 valence electrons. The number of halogens is 2. The summed E-state index contributed by atoms with van der Waals surface area (Å²) < 4.78 is 6.74. The average molecular weight is 480 g/mol. The van der Waals surface area contributed by atoms with Crippen LogP contribution < -0.4 is 22.3 Å². The van der Waals surface area contributed by atoms with Crippen LogP contribution in [0.2, 0.25) is 5.02 Å². The number of anilines is 1. The first-order valence-corrected chi connectivity index (χ1v) is 10.4. The first kappa shape index (κ1) is 22.1. The molecule has 2 aliphatic heterocycles. The van der Waals surface area contributed by atoms with Crippen molar-refractivity contribution in [3.63, 3.8) is 0 Å². The van der Waals surface area contributed by atoms with Gasteiger partial charge in [-0.25, -0.2) is 4.79 Å². The third-order valence-electron chi connectivity index (χ3n) is 7.03. The molecule has 2 aromatic carbocycles. The van der Waals surface area contributed by atoms with E-state index in [1.807, 2.05) is 48.5 Å². The molecule has 2 aliphatic rings. The van der Waals surface area contributed by atoms with E-state index in [0.717, 1.165) is 34.1 Å². The maximum Gasteiger partial charge on any atom is 0.411 e. The SMILES string of the molecule is C[N+]1(C)[C@@H]2CCC[C@@]1(COC(=O)Nc1ccccc1-c1cccc(Cl)c1)CC2.[Br-]. The third-order valence-corrected chi connectivity index (χ3v) is 7.26. The van der Waals surface area contributed by atoms with E-state index in [1.54, 1.807) is 0 Å². The summed E-state index contributed by atoms with van der Waals surface area (Å²) in [5.41, 5.74) is 2.68. The summed E-state index contributed by atoms with van der Waals surface area (Å²) in [7, 11) is 4.60. The summed E-state index contributed by atoms with van der Waals surface area (Å²) in [6.07, 6.45) is 5.62. The normalized spacial score (nSPS) is 24.4. The number of carbonyl (C=O) groups is 1. The van der Waals surface area contributed by atoms with E-state index in [4.69, 9.17) is 16.3 Å². The fourth-order valence-corrected chi connectivity index (χ4v) is 5.33. The number of ether oxygens (including phenoxy) is 1. The molecular formula is C23H28BrClN2O2. The minimum Gasteiger partial charge on any atom is -1.00 e. The van der Waals surface area contributed by atoms with E-state index in [0.29, 0.717) is 17.7 Å². The molecule has 4 rings (SSSR count). The summed E-state index contributed by atoms with van der Waals surface area (Å²) in [5, 5.41) is 3.61. The Labute approximate surface area is 188 Å². The highest BCUT2D eigenvalue weighted by Gasteiger charge is 2.58. The molecule has 0 aliphatic carbocycles. The number of quaternary nitrogens is 1. The molecule has 2 fully saturated rings. The average Bonchev–Trinajstić information content (AvgIpc) is 2.83. The van der Waals surface area contributed by atoms with Crippen molar-refractivity contribution in [1.29, 1.82) is 0 Å². The number of benzene rings is 2. The molecule has 2 saturated heterocycles. The van der Waals surface area contributed by atoms with Crippen molar-refractivity contribution in [3.05, 3.63) is 53.6 Å². The topological polar surface area (TPSA) is 38.3 Å². The van der Waals surface area contributed by atoms with Crippen molar-refractivity contribution in [2.45, 2.75) is 43.7 Å². The van der Waals surface area contributed by atoms with Crippen LogP contribution in [-0.4, -0.2) is 42.9 Å². The van der Waals surface area contributed by atoms with Gasteiger partial charge in [-0.3, -0.25) is 5.32 Å². The van der Waals surface area contributed by atoms with Crippen molar-refractivity contribution in [2.75, 3.05) is 26.0 Å². The fourth-order valence-electron chi connectivity index (χ4n) is 5.14. The second kappa shape index (κ2) is 8.66. The Bertz CT molecular complexity index is 885. The number of nitrogens with one attached hydrogen (secondary N) is 1. The number of hydrogen-bond acceptors (Lipinski definition) is 2. The van der Waals surface area contributed by atoms with Gasteiger partial charge < -0.3 is 26.2 Å². The molecule has 2 heterocycles. The number of carbonyl (C=O) groups excluding carboxylic acids is 1. The van der Waals surface area contributed by atoms with Gasteiger partial charge in [-0.05, 0) is 36.6 Å². The van der Waals surface area contributed by atoms with Gasteiger partial charge in [0, 0.05) is 29.8 Å². The standard InChI is InChI=1S/C23H27ClN2O2.BrH/c1-26(2)19-9-6-13-23(26,14-12-19)16-28-22(27)25-21-11-4-3-10-20(21)17-7-5-8-18(24)15-17;/h3-5,7-8,10-11,15,19H,6,9,12-14,16H2,1-2H3;1H/t19-,23+;/m1./s1. The molecule has 0 radical (unpaired) electrons. The smallest absolute Gasteiger partial charge is 0.411 e. The third kappa shape index (κ3) is 4.18. The summed E-state index contributed by atoms with van der Waals surface area (Å²) in [5.74, 6) is 0. The van der Waals surface area contributed by atoms with E-state index in [1.165, 1.54) is 19.3 Å². The lowest BCUT2D eigenvalue weighted by molar-refractivity contribution is -0.956. The highest BCUT2D eigenvalue weighted by Crippen LogP contribution is 2.48. The van der Waals surface area contributed by atoms with E-state index < -0.39 is 6.09 Å². The Morgan fingerprint density at radius 2 is 1.97 bits per heavy atom. The van der Waals surface area contributed by atoms with Gasteiger partial charge in [0.1, 0.15) is 12.1 Å². The van der Waals surface area contributed by atoms with E-state index in [-0.39, 0.29) is 22.5 Å². The number of fused-ring (bicyclic) bond motifs is 2. The number of amides is 1. The Morgan fingerprint density at radius 3 is 2.76 bits per heavy atom. The number of rotatable bonds is 4. The summed E-state index contributed by atoms with van der Waals surface area (Å²) >= 11 is 6.14. The zero-order valence-corrected chi connectivity index (χ0v) is 19.3. The van der Waals surface area contributed by atoms with E-state index in [9.17, 15) is 4.79 Å². The largest absolute Gasteiger partial charge is 1.00 e. The van der Waals surface area contributed by atoms with Gasteiger partial charge in [-0.2, -0.15) is 0 Å². The maximum atomic E-state index is 12.6. The second-order valence-electron chi connectivity index (χ2n) is 8.61. The molecule has 2 atom stereocenters. The van der Waals surface area contributed by atoms with Crippen molar-refractivity contribution < 1.29 is 31.0 Å². The Balaban J connectivity index is 0.00000240. The lowest BCUT2D eigenvalue weighted by Crippen LogP contribution is -3.00. The summed E-state index contributed by atoms with van der Waals surface area (Å²) in [4.78, 5) is 12.6. The second-order valence-corrected chi connectivity index (χ2v) is 9.04. The van der Waals surface area contributed by atoms with Gasteiger partial charge in [0.15, 0.2) is 0 Å². The highest BCUT2D eigenvalue weighted by atomic mass is 79.9. The van der Waals surface area contributed by atoms with Crippen LogP contribution in [-0.2, 0) is 4.74 Å². The zero-order chi connectivity index (χ0) is 19.8. The van der Waals surface area contributed by atoms with Crippen LogP contribution in [0.15, 0.2) is 48.5 Å². The predicted octanol–water partition coefficient (Wildman–Crippen LogP) is 2.72. The molecule has 2 bridgehead atoms. The molecule has 0 aromatic heterocycles. The monoisotopic (exact) mass is 478 g/mol. The Kier molecular flexibility index (Phi) is 6.61. The lowest BCUT2D eigenvalue weighted by atomic mass is 9.87. The van der Waals surface area contributed by atoms with Crippen LogP contribution in [0.3, 0.4) is 0 Å². The number of likely N-dealkylation sites (N-methyl/N-ethyl adjacent to an activating group) is 1. The van der Waals surface area contributed by atoms with Crippen molar-refractivity contribution in [2.24, 2.45) is 0 Å². The molecule has 1 amide bonds. The molecule has 6 heteroatoms. The first-order chi connectivity index (χ1) is 13.4. The van der Waals surface area contributed by atoms with E-state index in [2.05, 4.69) is 19.4 Å². The van der Waals surface area contributed by atoms with Crippen molar-refractivity contribution in [3.8, 4) is 11.1 Å². The quantitative estimate of drug-likeness (QED) is 0.685. The van der Waals surface area contributed by atoms with Crippen LogP contribution in [0.5, 0.6) is 0 Å². The Hall–Kier alpha value is -1.56. The number of nitrogens with zero attached hydrogens (tertiary/aromatic N) is 1. The van der Waals surface area contributed by atoms with Crippen LogP contribution in [0.25, 0.3) is 11.1 Å². The van der Waals surface area contributed by atoms with Crippen LogP contribution in [0.1, 0.15) is 32.1 Å². The molecule has 0 unspecified atom stereocenters. The number of para-hydroxylation sites is 1. The number of hydrogen-bond donors (Lipinski definition) is 1. The van der Waals surface area contributed by atoms with Crippen molar-refractivity contribution in [1.82, 2.24) is 0 Å². The minimum atomic E-state index is -0.391. The van der Waals surface area contributed by atoms with Gasteiger partial charge in [-0.1, -0.05) is 41.9 Å². The molecule has 0 spiro atoms. The van der Waals surface area contributed by atoms with Crippen LogP contribution in [0.4, 0.5) is 10.5 Å². The molecule has 2 aromatic rings. The van der Waals surface area contributed by atoms with Gasteiger partial charge in [0.05, 0.1) is 25.8 Å². The molecule has 4 nitrogen and oxygen atoms in total. The number of piperidine rings is 1. The minimum absolute atomic E-state index is 0. The van der Waals surface area contributed by atoms with Crippen LogP contribution in [0, 0.1) is 0 Å². The molecular weight excluding hydrogens is 452 g/mol. The van der Waals surface area contributed by atoms with Crippen LogP contribution >= 0.6 is 11.6 Å². The first-order valence-electron chi connectivity index (χ1n) is 10.0. The van der Waals surface area contributed by atoms with Gasteiger partial charge in [0.2, 0.25) is 0 Å². The van der Waals surface area contributed by atoms with Crippen molar-refractivity contribution >= 4 is 23.4 Å². The fraction of sp³-hybridized carbons (Fsp3) is 0.435. The predicted molar refractivity (Wildman–Crippen MR) is 114 cm³/mol. The molecule has 1 N–H and O–H groups in total. The summed E-state index contributed by atoms with van der Waals surface area (Å²) in [6, 6.07) is 16.1. The maximum absolute atomic E-state index is 12.6. The highest BCUT2D eigenvalue weighted by molar-refractivity contribution is 6.30. The van der Waals surface area contributed by atoms with Gasteiger partial charge in [0.25, 0.3) is 0 Å². The van der Waals surface area contributed by atoms with E-state index >= 15 is 0 Å². The zero-order valence-electron chi connectivity index (χ0n) is 17.0. The Morgan fingerprint density at radius 1 is 1.17 bits per heavy atom.